The van der Waals surface area contributed by atoms with E-state index in [2.05, 4.69) is 6.92 Å². The van der Waals surface area contributed by atoms with Gasteiger partial charge in [0.1, 0.15) is 34.0 Å². The smallest absolute Gasteiger partial charge is 0.311 e. The fourth-order valence-electron chi connectivity index (χ4n) is 6.52. The van der Waals surface area contributed by atoms with Crippen molar-refractivity contribution in [2.24, 2.45) is 0 Å². The van der Waals surface area contributed by atoms with Crippen molar-refractivity contribution in [3.05, 3.63) is 52.7 Å². The number of benzene rings is 2. The molecule has 0 unspecified atom stereocenters. The number of phenolic OH excluding ortho intramolecular Hbond substituents is 2. The van der Waals surface area contributed by atoms with E-state index in [9.17, 15) is 19.8 Å². The summed E-state index contributed by atoms with van der Waals surface area (Å²) >= 11 is 0. The maximum Gasteiger partial charge on any atom is 0.311 e. The number of carbonyl (C=O) groups excluding carboxylic acids is 1. The second-order valence-corrected chi connectivity index (χ2v) is 13.7. The molecule has 2 aromatic carbocycles. The van der Waals surface area contributed by atoms with Crippen molar-refractivity contribution in [1.82, 2.24) is 0 Å². The van der Waals surface area contributed by atoms with Crippen molar-refractivity contribution in [2.75, 3.05) is 0 Å². The molecule has 0 radical (unpaired) electrons. The van der Waals surface area contributed by atoms with E-state index in [0.29, 0.717) is 17.7 Å². The molecule has 3 rings (SSSR count). The van der Waals surface area contributed by atoms with Crippen LogP contribution in [0.4, 0.5) is 0 Å². The molecule has 0 saturated carbocycles. The summed E-state index contributed by atoms with van der Waals surface area (Å²) in [6.45, 7) is 2.29. The zero-order valence-electron chi connectivity index (χ0n) is 29.7. The topological polar surface area (TPSA) is 97.0 Å². The monoisotopic (exact) mass is 662 g/mol. The van der Waals surface area contributed by atoms with Gasteiger partial charge >= 0.3 is 5.97 Å². The SMILES string of the molecule is CCCCCCCCCCCCCCCCCCCCCCCCCCC(=O)Oc1cccc(-c2cc(=O)c3c(O)cc(O)cc3o2)c1. The minimum atomic E-state index is -0.429. The van der Waals surface area contributed by atoms with E-state index in [-0.39, 0.29) is 34.2 Å². The van der Waals surface area contributed by atoms with Crippen molar-refractivity contribution < 1.29 is 24.2 Å². The van der Waals surface area contributed by atoms with E-state index in [1.54, 1.807) is 24.3 Å². The second kappa shape index (κ2) is 23.9. The Morgan fingerprint density at radius 3 is 1.60 bits per heavy atom. The lowest BCUT2D eigenvalue weighted by atomic mass is 10.0. The van der Waals surface area contributed by atoms with Gasteiger partial charge in [0, 0.05) is 30.2 Å². The molecule has 0 spiro atoms. The van der Waals surface area contributed by atoms with Crippen LogP contribution in [-0.4, -0.2) is 16.2 Å². The van der Waals surface area contributed by atoms with E-state index in [1.807, 2.05) is 0 Å². The molecule has 3 aromatic rings. The Hall–Kier alpha value is -3.28. The van der Waals surface area contributed by atoms with Crippen LogP contribution in [0.2, 0.25) is 0 Å². The van der Waals surface area contributed by atoms with Crippen molar-refractivity contribution in [3.63, 3.8) is 0 Å². The quantitative estimate of drug-likeness (QED) is 0.0479. The third kappa shape index (κ3) is 15.7. The number of ether oxygens (including phenoxy) is 1. The third-order valence-electron chi connectivity index (χ3n) is 9.38. The summed E-state index contributed by atoms with van der Waals surface area (Å²) < 4.78 is 11.3. The van der Waals surface area contributed by atoms with Crippen LogP contribution in [0.3, 0.4) is 0 Å². The Balaban J connectivity index is 1.13. The average molecular weight is 663 g/mol. The molecule has 0 aliphatic rings. The number of esters is 1. The zero-order chi connectivity index (χ0) is 34.2. The molecule has 6 nitrogen and oxygen atoms in total. The van der Waals surface area contributed by atoms with E-state index in [1.165, 1.54) is 147 Å². The first kappa shape index (κ1) is 39.2. The largest absolute Gasteiger partial charge is 0.508 e. The molecule has 1 aromatic heterocycles. The molecule has 0 aliphatic carbocycles. The van der Waals surface area contributed by atoms with Gasteiger partial charge in [-0.3, -0.25) is 9.59 Å². The first-order valence-corrected chi connectivity index (χ1v) is 19.3. The number of aromatic hydroxyl groups is 2. The average Bonchev–Trinajstić information content (AvgIpc) is 3.06. The molecule has 2 N–H and O–H groups in total. The molecule has 0 aliphatic heterocycles. The van der Waals surface area contributed by atoms with E-state index >= 15 is 0 Å². The predicted molar refractivity (Wildman–Crippen MR) is 198 cm³/mol. The summed E-state index contributed by atoms with van der Waals surface area (Å²) in [5, 5.41) is 19.8. The maximum absolute atomic E-state index is 12.6. The number of fused-ring (bicyclic) bond motifs is 1. The third-order valence-corrected chi connectivity index (χ3v) is 9.38. The van der Waals surface area contributed by atoms with Crippen LogP contribution >= 0.6 is 0 Å². The fourth-order valence-corrected chi connectivity index (χ4v) is 6.52. The first-order chi connectivity index (χ1) is 23.5. The lowest BCUT2D eigenvalue weighted by Crippen LogP contribution is -2.07. The molecule has 48 heavy (non-hydrogen) atoms. The van der Waals surface area contributed by atoms with Gasteiger partial charge in [-0.05, 0) is 18.6 Å². The number of rotatable bonds is 27. The van der Waals surface area contributed by atoms with Gasteiger partial charge in [-0.25, -0.2) is 0 Å². The van der Waals surface area contributed by atoms with Gasteiger partial charge in [-0.15, -0.1) is 0 Å². The molecular formula is C42H62O6. The van der Waals surface area contributed by atoms with Crippen LogP contribution < -0.4 is 10.2 Å². The van der Waals surface area contributed by atoms with Crippen LogP contribution in [0, 0.1) is 0 Å². The summed E-state index contributed by atoms with van der Waals surface area (Å²) in [7, 11) is 0. The van der Waals surface area contributed by atoms with Crippen LogP contribution in [0.1, 0.15) is 167 Å². The summed E-state index contributed by atoms with van der Waals surface area (Å²) in [5.41, 5.74) is 0.200. The highest BCUT2D eigenvalue weighted by atomic mass is 16.5. The van der Waals surface area contributed by atoms with Crippen molar-refractivity contribution in [3.8, 4) is 28.6 Å². The summed E-state index contributed by atoms with van der Waals surface area (Å²) in [5.74, 6) is -0.193. The van der Waals surface area contributed by atoms with Gasteiger partial charge in [0.25, 0.3) is 0 Å². The predicted octanol–water partition coefficient (Wildman–Crippen LogP) is 12.5. The Morgan fingerprint density at radius 1 is 0.625 bits per heavy atom. The standard InChI is InChI=1S/C42H62O6/c1-2-3-4-5-6-7-8-9-10-11-12-13-14-15-16-17-18-19-20-21-22-23-24-25-29-41(46)47-36-28-26-27-34(30-36)39-33-38(45)42-37(44)31-35(43)32-40(42)48-39/h26-28,30-33,43-44H,2-25,29H2,1H3. The second-order valence-electron chi connectivity index (χ2n) is 13.7. The highest BCUT2D eigenvalue weighted by Crippen LogP contribution is 2.31. The summed E-state index contributed by atoms with van der Waals surface area (Å²) in [6.07, 6.45) is 32.7. The van der Waals surface area contributed by atoms with Crippen LogP contribution in [0.15, 0.2) is 51.7 Å². The molecule has 6 heteroatoms. The Morgan fingerprint density at radius 2 is 1.10 bits per heavy atom. The number of hydrogen-bond donors (Lipinski definition) is 2. The molecule has 266 valence electrons. The number of phenols is 2. The van der Waals surface area contributed by atoms with Gasteiger partial charge in [0.05, 0.1) is 0 Å². The van der Waals surface area contributed by atoms with E-state index in [4.69, 9.17) is 9.15 Å². The first-order valence-electron chi connectivity index (χ1n) is 19.3. The molecule has 0 amide bonds. The molecule has 0 atom stereocenters. The Kier molecular flexibility index (Phi) is 19.5. The Bertz CT molecular complexity index is 1380. The minimum absolute atomic E-state index is 0.00436. The van der Waals surface area contributed by atoms with Crippen molar-refractivity contribution >= 4 is 16.9 Å². The van der Waals surface area contributed by atoms with Gasteiger partial charge in [0.2, 0.25) is 0 Å². The fraction of sp³-hybridized carbons (Fsp3) is 0.619. The normalized spacial score (nSPS) is 11.4. The van der Waals surface area contributed by atoms with Gasteiger partial charge in [-0.1, -0.05) is 167 Å². The molecule has 0 fully saturated rings. The molecular weight excluding hydrogens is 600 g/mol. The number of unbranched alkanes of at least 4 members (excludes halogenated alkanes) is 23. The summed E-state index contributed by atoms with van der Waals surface area (Å²) in [4.78, 5) is 25.0. The number of carbonyl (C=O) groups is 1. The minimum Gasteiger partial charge on any atom is -0.508 e. The molecule has 0 saturated heterocycles. The molecule has 0 bridgehead atoms. The summed E-state index contributed by atoms with van der Waals surface area (Å²) in [6, 6.07) is 10.5. The van der Waals surface area contributed by atoms with Crippen molar-refractivity contribution in [1.29, 1.82) is 0 Å². The van der Waals surface area contributed by atoms with Crippen molar-refractivity contribution in [2.45, 2.75) is 167 Å². The molecule has 1 heterocycles. The Labute approximate surface area is 289 Å². The van der Waals surface area contributed by atoms with E-state index < -0.39 is 5.43 Å². The zero-order valence-corrected chi connectivity index (χ0v) is 29.7. The van der Waals surface area contributed by atoms with Crippen LogP contribution in [0.5, 0.6) is 17.2 Å². The van der Waals surface area contributed by atoms with Crippen LogP contribution in [-0.2, 0) is 4.79 Å². The van der Waals surface area contributed by atoms with Gasteiger partial charge < -0.3 is 19.4 Å². The number of hydrogen-bond acceptors (Lipinski definition) is 6. The lowest BCUT2D eigenvalue weighted by molar-refractivity contribution is -0.134. The highest BCUT2D eigenvalue weighted by Gasteiger charge is 2.13. The van der Waals surface area contributed by atoms with E-state index in [0.717, 1.165) is 25.3 Å². The highest BCUT2D eigenvalue weighted by molar-refractivity contribution is 5.86. The van der Waals surface area contributed by atoms with Gasteiger partial charge in [0.15, 0.2) is 5.43 Å². The van der Waals surface area contributed by atoms with Crippen LogP contribution in [0.25, 0.3) is 22.3 Å². The lowest BCUT2D eigenvalue weighted by Gasteiger charge is -2.08. The van der Waals surface area contributed by atoms with Gasteiger partial charge in [-0.2, -0.15) is 0 Å². The maximum atomic E-state index is 12.6.